The maximum absolute atomic E-state index is 9.37. The standard InChI is InChI=1S/C6H10O5.C6H12O5/c7-2-1-11-5-4(9)6(5,10)3(2)8;7-1-4-6(10)5(9)3(8)2-11-4/h2-5,7-10H,1H2;3-10H,1-2H2/t2-,3-,4?,5-,6+;3-,4-,5-,6-/m11/s1. The van der Waals surface area contributed by atoms with Crippen molar-refractivity contribution in [2.45, 2.75) is 54.4 Å². The number of hydrogen-bond acceptors (Lipinski definition) is 10. The molecule has 1 unspecified atom stereocenters. The summed E-state index contributed by atoms with van der Waals surface area (Å²) < 4.78 is 9.65. The van der Waals surface area contributed by atoms with E-state index >= 15 is 0 Å². The molecule has 1 aliphatic carbocycles. The van der Waals surface area contributed by atoms with Gasteiger partial charge in [-0.1, -0.05) is 0 Å². The maximum Gasteiger partial charge on any atom is 0.150 e. The Bertz CT molecular complexity index is 377. The number of rotatable bonds is 1. The van der Waals surface area contributed by atoms with Crippen molar-refractivity contribution in [1.82, 2.24) is 0 Å². The quantitative estimate of drug-likeness (QED) is 0.232. The largest absolute Gasteiger partial charge is 0.394 e. The lowest BCUT2D eigenvalue weighted by molar-refractivity contribution is -0.195. The molecule has 0 spiro atoms. The Morgan fingerprint density at radius 2 is 1.41 bits per heavy atom. The number of aliphatic hydroxyl groups is 8. The third-order valence-corrected chi connectivity index (χ3v) is 4.18. The second-order valence-corrected chi connectivity index (χ2v) is 5.70. The van der Waals surface area contributed by atoms with Crippen LogP contribution in [0.2, 0.25) is 0 Å². The fourth-order valence-electron chi connectivity index (χ4n) is 2.54. The van der Waals surface area contributed by atoms with Crippen LogP contribution in [0.1, 0.15) is 0 Å². The SMILES string of the molecule is OC1[C@H]2OC[C@@H](O)[C@@H](O)[C@]12O.OC[C@H]1OC[C@@H](O)[C@@H](O)[C@@H]1O. The molecule has 0 aromatic carbocycles. The van der Waals surface area contributed by atoms with Crippen molar-refractivity contribution < 1.29 is 50.3 Å². The van der Waals surface area contributed by atoms with Crippen LogP contribution < -0.4 is 0 Å². The molecule has 0 aromatic rings. The van der Waals surface area contributed by atoms with Gasteiger partial charge in [-0.05, 0) is 0 Å². The van der Waals surface area contributed by atoms with Gasteiger partial charge in [0.25, 0.3) is 0 Å². The monoisotopic (exact) mass is 326 g/mol. The van der Waals surface area contributed by atoms with E-state index in [1.807, 2.05) is 0 Å². The molecule has 10 nitrogen and oxygen atoms in total. The minimum absolute atomic E-state index is 0.0365. The molecule has 0 bridgehead atoms. The Morgan fingerprint density at radius 1 is 0.818 bits per heavy atom. The van der Waals surface area contributed by atoms with Crippen LogP contribution in [-0.4, -0.2) is 115 Å². The molecule has 10 heteroatoms. The van der Waals surface area contributed by atoms with Crippen LogP contribution in [0.4, 0.5) is 0 Å². The average Bonchev–Trinajstić information content (AvgIpc) is 3.05. The van der Waals surface area contributed by atoms with Crippen molar-refractivity contribution in [2.75, 3.05) is 19.8 Å². The van der Waals surface area contributed by atoms with E-state index in [0.717, 1.165) is 0 Å². The lowest BCUT2D eigenvalue weighted by atomic mass is 10.0. The number of aliphatic hydroxyl groups excluding tert-OH is 7. The lowest BCUT2D eigenvalue weighted by Crippen LogP contribution is -2.53. The van der Waals surface area contributed by atoms with Crippen LogP contribution in [0.5, 0.6) is 0 Å². The summed E-state index contributed by atoms with van der Waals surface area (Å²) in [4.78, 5) is 0. The van der Waals surface area contributed by atoms with Crippen molar-refractivity contribution in [3.63, 3.8) is 0 Å². The van der Waals surface area contributed by atoms with Crippen molar-refractivity contribution in [1.29, 1.82) is 0 Å². The highest BCUT2D eigenvalue weighted by Crippen LogP contribution is 2.46. The summed E-state index contributed by atoms with van der Waals surface area (Å²) in [7, 11) is 0. The van der Waals surface area contributed by atoms with E-state index < -0.39 is 54.4 Å². The Hall–Kier alpha value is -0.400. The van der Waals surface area contributed by atoms with E-state index in [2.05, 4.69) is 0 Å². The summed E-state index contributed by atoms with van der Waals surface area (Å²) in [5.41, 5.74) is -1.63. The summed E-state index contributed by atoms with van der Waals surface area (Å²) >= 11 is 0. The number of hydrogen-bond donors (Lipinski definition) is 8. The molecule has 2 saturated heterocycles. The fourth-order valence-corrected chi connectivity index (χ4v) is 2.54. The van der Waals surface area contributed by atoms with E-state index in [1.165, 1.54) is 0 Å². The Balaban J connectivity index is 0.000000160. The van der Waals surface area contributed by atoms with Crippen molar-refractivity contribution in [3.8, 4) is 0 Å². The Kier molecular flexibility index (Phi) is 5.39. The van der Waals surface area contributed by atoms with Crippen LogP contribution >= 0.6 is 0 Å². The first-order valence-corrected chi connectivity index (χ1v) is 6.90. The molecule has 130 valence electrons. The van der Waals surface area contributed by atoms with E-state index in [1.54, 1.807) is 0 Å². The highest BCUT2D eigenvalue weighted by molar-refractivity contribution is 5.22. The van der Waals surface area contributed by atoms with E-state index in [9.17, 15) is 10.2 Å². The Labute approximate surface area is 125 Å². The summed E-state index contributed by atoms with van der Waals surface area (Å²) in [6.07, 6.45) is -8.45. The Morgan fingerprint density at radius 3 is 1.95 bits per heavy atom. The van der Waals surface area contributed by atoms with Gasteiger partial charge >= 0.3 is 0 Å². The van der Waals surface area contributed by atoms with Gasteiger partial charge < -0.3 is 50.3 Å². The van der Waals surface area contributed by atoms with Crippen LogP contribution in [0.15, 0.2) is 0 Å². The third kappa shape index (κ3) is 2.99. The summed E-state index contributed by atoms with van der Waals surface area (Å²) in [5.74, 6) is 0. The normalized spacial score (nSPS) is 54.0. The minimum atomic E-state index is -1.63. The molecule has 3 fully saturated rings. The molecular weight excluding hydrogens is 304 g/mol. The first-order chi connectivity index (χ1) is 10.2. The second-order valence-electron chi connectivity index (χ2n) is 5.70. The fraction of sp³-hybridized carbons (Fsp3) is 1.00. The summed E-state index contributed by atoms with van der Waals surface area (Å²) in [6.45, 7) is -0.445. The minimum Gasteiger partial charge on any atom is -0.394 e. The first-order valence-electron chi connectivity index (χ1n) is 6.90. The number of ether oxygens (including phenoxy) is 2. The van der Waals surface area contributed by atoms with Gasteiger partial charge in [-0.2, -0.15) is 0 Å². The van der Waals surface area contributed by atoms with Gasteiger partial charge in [-0.25, -0.2) is 0 Å². The smallest absolute Gasteiger partial charge is 0.150 e. The summed E-state index contributed by atoms with van der Waals surface area (Å²) in [5, 5.41) is 72.3. The van der Waals surface area contributed by atoms with E-state index in [4.69, 9.17) is 40.1 Å². The van der Waals surface area contributed by atoms with Crippen molar-refractivity contribution in [3.05, 3.63) is 0 Å². The van der Waals surface area contributed by atoms with Gasteiger partial charge in [0.05, 0.1) is 19.8 Å². The van der Waals surface area contributed by atoms with Gasteiger partial charge in [0.2, 0.25) is 0 Å². The van der Waals surface area contributed by atoms with Crippen LogP contribution in [0.3, 0.4) is 0 Å². The second kappa shape index (κ2) is 6.61. The summed E-state index contributed by atoms with van der Waals surface area (Å²) in [6, 6.07) is 0. The van der Waals surface area contributed by atoms with Gasteiger partial charge in [0.15, 0.2) is 5.60 Å². The van der Waals surface area contributed by atoms with Gasteiger partial charge in [-0.3, -0.25) is 0 Å². The van der Waals surface area contributed by atoms with Crippen LogP contribution in [0, 0.1) is 0 Å². The lowest BCUT2D eigenvalue weighted by Gasteiger charge is -2.34. The molecule has 3 rings (SSSR count). The zero-order valence-electron chi connectivity index (χ0n) is 11.6. The third-order valence-electron chi connectivity index (χ3n) is 4.18. The highest BCUT2D eigenvalue weighted by Gasteiger charge is 2.72. The predicted octanol–water partition coefficient (Wildman–Crippen LogP) is -5.33. The zero-order chi connectivity index (χ0) is 16.7. The molecule has 8 N–H and O–H groups in total. The first kappa shape index (κ1) is 17.9. The topological polar surface area (TPSA) is 180 Å². The van der Waals surface area contributed by atoms with E-state index in [-0.39, 0.29) is 19.8 Å². The molecule has 9 atom stereocenters. The molecule has 0 radical (unpaired) electrons. The van der Waals surface area contributed by atoms with Crippen LogP contribution in [-0.2, 0) is 9.47 Å². The molecular formula is C12H22O10. The molecule has 3 aliphatic rings. The molecule has 2 heterocycles. The molecule has 22 heavy (non-hydrogen) atoms. The molecule has 2 aliphatic heterocycles. The van der Waals surface area contributed by atoms with Gasteiger partial charge in [0.1, 0.15) is 48.8 Å². The highest BCUT2D eigenvalue weighted by atomic mass is 16.6. The van der Waals surface area contributed by atoms with Crippen molar-refractivity contribution >= 4 is 0 Å². The van der Waals surface area contributed by atoms with Gasteiger partial charge in [0, 0.05) is 0 Å². The number of fused-ring (bicyclic) bond motifs is 1. The molecule has 0 amide bonds. The maximum atomic E-state index is 9.37. The van der Waals surface area contributed by atoms with Crippen molar-refractivity contribution in [2.24, 2.45) is 0 Å². The van der Waals surface area contributed by atoms with E-state index in [0.29, 0.717) is 0 Å². The van der Waals surface area contributed by atoms with Crippen LogP contribution in [0.25, 0.3) is 0 Å². The zero-order valence-corrected chi connectivity index (χ0v) is 11.6. The average molecular weight is 326 g/mol. The molecule has 0 aromatic heterocycles. The molecule has 1 saturated carbocycles. The predicted molar refractivity (Wildman–Crippen MR) is 67.6 cm³/mol. The van der Waals surface area contributed by atoms with Gasteiger partial charge in [-0.15, -0.1) is 0 Å².